The van der Waals surface area contributed by atoms with Gasteiger partial charge in [-0.05, 0) is 54.7 Å². The Hall–Kier alpha value is -2.45. The van der Waals surface area contributed by atoms with Crippen LogP contribution in [0.4, 0.5) is 5.69 Å². The van der Waals surface area contributed by atoms with Crippen LogP contribution in [-0.4, -0.2) is 11.0 Å². The standard InChI is InChI=1S/C19H14Cl3N3O3S/c20-11-5-7-15(14(22)9-11)23-19(29)25-24-18(26)17-8-6-12(28-17)10-27-16-4-2-1-3-13(16)21/h1-9H,10H2,(H,24,26)(H2,23,25,29). The molecule has 0 aliphatic carbocycles. The van der Waals surface area contributed by atoms with Crippen LogP contribution in [0.5, 0.6) is 5.75 Å². The Balaban J connectivity index is 1.49. The molecule has 29 heavy (non-hydrogen) atoms. The van der Waals surface area contributed by atoms with Crippen molar-refractivity contribution in [1.29, 1.82) is 0 Å². The number of halogens is 3. The van der Waals surface area contributed by atoms with E-state index < -0.39 is 5.91 Å². The zero-order valence-corrected chi connectivity index (χ0v) is 17.8. The fourth-order valence-electron chi connectivity index (χ4n) is 2.21. The first-order chi connectivity index (χ1) is 13.9. The van der Waals surface area contributed by atoms with Gasteiger partial charge in [0.2, 0.25) is 0 Å². The Morgan fingerprint density at radius 1 is 1.00 bits per heavy atom. The van der Waals surface area contributed by atoms with E-state index in [1.165, 1.54) is 6.07 Å². The second kappa shape index (κ2) is 9.84. The molecule has 0 radical (unpaired) electrons. The van der Waals surface area contributed by atoms with E-state index in [1.54, 1.807) is 42.5 Å². The van der Waals surface area contributed by atoms with E-state index in [0.717, 1.165) is 0 Å². The van der Waals surface area contributed by atoms with Crippen molar-refractivity contribution in [3.63, 3.8) is 0 Å². The molecule has 3 rings (SSSR count). The number of anilines is 1. The van der Waals surface area contributed by atoms with Crippen LogP contribution in [0.2, 0.25) is 15.1 Å². The second-order valence-corrected chi connectivity index (χ2v) is 7.30. The molecule has 1 heterocycles. The summed E-state index contributed by atoms with van der Waals surface area (Å²) >= 11 is 23.1. The summed E-state index contributed by atoms with van der Waals surface area (Å²) in [6.07, 6.45) is 0. The molecule has 10 heteroatoms. The summed E-state index contributed by atoms with van der Waals surface area (Å²) in [6.45, 7) is 0.124. The lowest BCUT2D eigenvalue weighted by Crippen LogP contribution is -2.43. The molecule has 1 amide bonds. The van der Waals surface area contributed by atoms with Gasteiger partial charge in [0.05, 0.1) is 15.7 Å². The normalized spacial score (nSPS) is 10.3. The van der Waals surface area contributed by atoms with E-state index in [0.29, 0.717) is 32.3 Å². The number of para-hydroxylation sites is 1. The van der Waals surface area contributed by atoms with E-state index in [1.807, 2.05) is 6.07 Å². The molecule has 0 unspecified atom stereocenters. The molecule has 0 saturated carbocycles. The average Bonchev–Trinajstić information content (AvgIpc) is 3.17. The van der Waals surface area contributed by atoms with Crippen LogP contribution in [0.1, 0.15) is 16.3 Å². The molecule has 0 bridgehead atoms. The highest BCUT2D eigenvalue weighted by molar-refractivity contribution is 7.80. The Morgan fingerprint density at radius 3 is 2.55 bits per heavy atom. The zero-order valence-electron chi connectivity index (χ0n) is 14.7. The fraction of sp³-hybridized carbons (Fsp3) is 0.0526. The average molecular weight is 471 g/mol. The summed E-state index contributed by atoms with van der Waals surface area (Å²) in [7, 11) is 0. The fourth-order valence-corrected chi connectivity index (χ4v) is 3.01. The number of ether oxygens (including phenoxy) is 1. The summed E-state index contributed by atoms with van der Waals surface area (Å²) in [5.74, 6) is 0.558. The predicted molar refractivity (Wildman–Crippen MR) is 118 cm³/mol. The van der Waals surface area contributed by atoms with Crippen molar-refractivity contribution in [2.75, 3.05) is 5.32 Å². The molecule has 0 saturated heterocycles. The van der Waals surface area contributed by atoms with Crippen LogP contribution in [0.25, 0.3) is 0 Å². The second-order valence-electron chi connectivity index (χ2n) is 5.64. The summed E-state index contributed by atoms with van der Waals surface area (Å²) in [4.78, 5) is 12.2. The molecule has 2 aromatic carbocycles. The van der Waals surface area contributed by atoms with Gasteiger partial charge in [0, 0.05) is 5.02 Å². The van der Waals surface area contributed by atoms with Crippen molar-refractivity contribution >= 4 is 63.7 Å². The number of thiocarbonyl (C=S) groups is 1. The minimum absolute atomic E-state index is 0.0857. The van der Waals surface area contributed by atoms with Gasteiger partial charge in [-0.25, -0.2) is 0 Å². The molecule has 0 spiro atoms. The lowest BCUT2D eigenvalue weighted by Gasteiger charge is -2.12. The van der Waals surface area contributed by atoms with Crippen molar-refractivity contribution < 1.29 is 13.9 Å². The van der Waals surface area contributed by atoms with Crippen LogP contribution in [0.3, 0.4) is 0 Å². The van der Waals surface area contributed by atoms with Crippen molar-refractivity contribution in [2.24, 2.45) is 0 Å². The van der Waals surface area contributed by atoms with Crippen LogP contribution < -0.4 is 20.9 Å². The molecule has 0 atom stereocenters. The Labute approximate surface area is 187 Å². The van der Waals surface area contributed by atoms with Crippen molar-refractivity contribution in [3.05, 3.63) is 81.2 Å². The quantitative estimate of drug-likeness (QED) is 0.340. The number of benzene rings is 2. The largest absolute Gasteiger partial charge is 0.484 e. The van der Waals surface area contributed by atoms with Gasteiger partial charge in [-0.2, -0.15) is 0 Å². The van der Waals surface area contributed by atoms with Gasteiger partial charge in [-0.15, -0.1) is 0 Å². The molecule has 3 N–H and O–H groups in total. The first-order valence-corrected chi connectivity index (χ1v) is 9.75. The highest BCUT2D eigenvalue weighted by Gasteiger charge is 2.12. The number of hydrogen-bond donors (Lipinski definition) is 3. The Kier molecular flexibility index (Phi) is 7.22. The molecule has 0 aliphatic heterocycles. The Morgan fingerprint density at radius 2 is 1.79 bits per heavy atom. The first-order valence-electron chi connectivity index (χ1n) is 8.21. The number of hydrogen-bond acceptors (Lipinski definition) is 4. The summed E-state index contributed by atoms with van der Waals surface area (Å²) in [5, 5.41) is 4.36. The van der Waals surface area contributed by atoms with Crippen molar-refractivity contribution in [1.82, 2.24) is 10.9 Å². The number of carbonyl (C=O) groups is 1. The maximum absolute atomic E-state index is 12.2. The minimum atomic E-state index is -0.514. The number of carbonyl (C=O) groups excluding carboxylic acids is 1. The summed E-state index contributed by atoms with van der Waals surface area (Å²) in [6, 6.07) is 15.1. The molecule has 0 aliphatic rings. The van der Waals surface area contributed by atoms with E-state index >= 15 is 0 Å². The molecule has 1 aromatic heterocycles. The highest BCUT2D eigenvalue weighted by atomic mass is 35.5. The predicted octanol–water partition coefficient (Wildman–Crippen LogP) is 5.45. The third-order valence-electron chi connectivity index (χ3n) is 3.56. The van der Waals surface area contributed by atoms with Gasteiger partial charge in [0.25, 0.3) is 0 Å². The van der Waals surface area contributed by atoms with Gasteiger partial charge in [-0.3, -0.25) is 15.6 Å². The lowest BCUT2D eigenvalue weighted by molar-refractivity contribution is 0.0912. The maximum atomic E-state index is 12.2. The zero-order chi connectivity index (χ0) is 20.8. The SMILES string of the molecule is O=C(NNC(=S)Nc1ccc(Cl)cc1Cl)c1ccc(COc2ccccc2Cl)o1. The van der Waals surface area contributed by atoms with Crippen molar-refractivity contribution in [3.8, 4) is 5.75 Å². The smallest absolute Gasteiger partial charge is 0.305 e. The first kappa shape index (κ1) is 21.3. The van der Waals surface area contributed by atoms with Crippen LogP contribution in [-0.2, 0) is 6.61 Å². The van der Waals surface area contributed by atoms with Gasteiger partial charge in [0.15, 0.2) is 10.9 Å². The topological polar surface area (TPSA) is 75.5 Å². The van der Waals surface area contributed by atoms with Crippen LogP contribution in [0, 0.1) is 0 Å². The van der Waals surface area contributed by atoms with E-state index in [4.69, 9.17) is 56.2 Å². The maximum Gasteiger partial charge on any atom is 0.305 e. The third kappa shape index (κ3) is 6.01. The van der Waals surface area contributed by atoms with Gasteiger partial charge in [-0.1, -0.05) is 46.9 Å². The number of furan rings is 1. The van der Waals surface area contributed by atoms with E-state index in [9.17, 15) is 4.79 Å². The highest BCUT2D eigenvalue weighted by Crippen LogP contribution is 2.25. The van der Waals surface area contributed by atoms with Gasteiger partial charge in [0.1, 0.15) is 18.1 Å². The molecule has 0 fully saturated rings. The van der Waals surface area contributed by atoms with E-state index in [-0.39, 0.29) is 17.5 Å². The minimum Gasteiger partial charge on any atom is -0.484 e. The molecular weight excluding hydrogens is 457 g/mol. The van der Waals surface area contributed by atoms with Crippen LogP contribution >= 0.6 is 47.0 Å². The lowest BCUT2D eigenvalue weighted by atomic mass is 10.3. The summed E-state index contributed by atoms with van der Waals surface area (Å²) in [5.41, 5.74) is 5.54. The van der Waals surface area contributed by atoms with Gasteiger partial charge >= 0.3 is 5.91 Å². The number of rotatable bonds is 5. The number of nitrogens with one attached hydrogen (secondary N) is 3. The van der Waals surface area contributed by atoms with Crippen LogP contribution in [0.15, 0.2) is 59.0 Å². The number of hydrazine groups is 1. The van der Waals surface area contributed by atoms with E-state index in [2.05, 4.69) is 16.2 Å². The molecule has 3 aromatic rings. The Bertz CT molecular complexity index is 1040. The van der Waals surface area contributed by atoms with Crippen molar-refractivity contribution in [2.45, 2.75) is 6.61 Å². The number of amides is 1. The molecule has 150 valence electrons. The third-order valence-corrected chi connectivity index (χ3v) is 4.63. The molecular formula is C19H14Cl3N3O3S. The molecule has 6 nitrogen and oxygen atoms in total. The summed E-state index contributed by atoms with van der Waals surface area (Å²) < 4.78 is 11.0. The monoisotopic (exact) mass is 469 g/mol. The van der Waals surface area contributed by atoms with Gasteiger partial charge < -0.3 is 14.5 Å².